The van der Waals surface area contributed by atoms with Gasteiger partial charge in [-0.3, -0.25) is 4.79 Å². The molecule has 0 radical (unpaired) electrons. The number of methoxy groups -OCH3 is 1. The maximum absolute atomic E-state index is 13.8. The van der Waals surface area contributed by atoms with Gasteiger partial charge in [-0.05, 0) is 30.3 Å². The number of nitrogens with one attached hydrogen (secondary N) is 2. The van der Waals surface area contributed by atoms with Crippen LogP contribution in [0.3, 0.4) is 0 Å². The van der Waals surface area contributed by atoms with Crippen LogP contribution in [0.4, 0.5) is 26.0 Å². The first kappa shape index (κ1) is 18.5. The van der Waals surface area contributed by atoms with Gasteiger partial charge in [-0.2, -0.15) is 0 Å². The zero-order valence-corrected chi connectivity index (χ0v) is 14.7. The van der Waals surface area contributed by atoms with Gasteiger partial charge in [-0.15, -0.1) is 0 Å². The van der Waals surface area contributed by atoms with E-state index in [1.807, 2.05) is 0 Å². The molecule has 2 aromatic carbocycles. The number of anilines is 3. The fourth-order valence-electron chi connectivity index (χ4n) is 2.24. The summed E-state index contributed by atoms with van der Waals surface area (Å²) in [6.45, 7) is 0. The molecule has 0 saturated carbocycles. The van der Waals surface area contributed by atoms with E-state index in [1.165, 1.54) is 25.3 Å². The molecule has 1 aromatic heterocycles. The molecule has 2 N–H and O–H groups in total. The maximum Gasteiger partial charge on any atom is 0.274 e. The lowest BCUT2D eigenvalue weighted by molar-refractivity contribution is 0.102. The summed E-state index contributed by atoms with van der Waals surface area (Å²) in [5.74, 6) is -1.44. The summed E-state index contributed by atoms with van der Waals surface area (Å²) in [5, 5.41) is 5.73. The SMILES string of the molecule is COc1ccc(Cl)cc1NC(=O)c1cc(Nc2ccc(F)cc2F)ncn1. The van der Waals surface area contributed by atoms with E-state index in [0.717, 1.165) is 18.5 Å². The third kappa shape index (κ3) is 4.48. The van der Waals surface area contributed by atoms with Gasteiger partial charge in [-0.25, -0.2) is 18.7 Å². The fraction of sp³-hybridized carbons (Fsp3) is 0.0556. The van der Waals surface area contributed by atoms with E-state index in [4.69, 9.17) is 16.3 Å². The van der Waals surface area contributed by atoms with Gasteiger partial charge in [0.15, 0.2) is 0 Å². The monoisotopic (exact) mass is 390 g/mol. The number of hydrogen-bond acceptors (Lipinski definition) is 5. The summed E-state index contributed by atoms with van der Waals surface area (Å²) in [4.78, 5) is 20.3. The Kier molecular flexibility index (Phi) is 5.46. The number of carbonyl (C=O) groups is 1. The topological polar surface area (TPSA) is 76.1 Å². The maximum atomic E-state index is 13.8. The quantitative estimate of drug-likeness (QED) is 0.674. The van der Waals surface area contributed by atoms with Crippen LogP contribution < -0.4 is 15.4 Å². The van der Waals surface area contributed by atoms with Gasteiger partial charge in [0.05, 0.1) is 18.5 Å². The van der Waals surface area contributed by atoms with Gasteiger partial charge in [0.25, 0.3) is 5.91 Å². The van der Waals surface area contributed by atoms with Crippen molar-refractivity contribution in [1.82, 2.24) is 9.97 Å². The molecular weight excluding hydrogens is 378 g/mol. The van der Waals surface area contributed by atoms with Gasteiger partial charge in [-0.1, -0.05) is 11.6 Å². The standard InChI is InChI=1S/C18H13ClF2N4O2/c1-27-16-5-2-10(19)6-14(16)25-18(26)15-8-17(23-9-22-15)24-13-4-3-11(20)7-12(13)21/h2-9H,1H3,(H,25,26)(H,22,23,24). The van der Waals surface area contributed by atoms with Gasteiger partial charge < -0.3 is 15.4 Å². The van der Waals surface area contributed by atoms with Crippen molar-refractivity contribution in [3.8, 4) is 5.75 Å². The van der Waals surface area contributed by atoms with Crippen LogP contribution in [0.1, 0.15) is 10.5 Å². The van der Waals surface area contributed by atoms with Crippen LogP contribution in [0.5, 0.6) is 5.75 Å². The fourth-order valence-corrected chi connectivity index (χ4v) is 2.42. The second-order valence-electron chi connectivity index (χ2n) is 5.34. The molecule has 0 aliphatic rings. The molecule has 3 aromatic rings. The Bertz CT molecular complexity index is 1000. The molecule has 1 amide bonds. The Labute approximate surface area is 158 Å². The minimum Gasteiger partial charge on any atom is -0.495 e. The Hall–Kier alpha value is -3.26. The minimum atomic E-state index is -0.789. The van der Waals surface area contributed by atoms with Gasteiger partial charge in [0.1, 0.15) is 35.2 Å². The Morgan fingerprint density at radius 2 is 1.89 bits per heavy atom. The van der Waals surface area contributed by atoms with Crippen molar-refractivity contribution in [2.24, 2.45) is 0 Å². The minimum absolute atomic E-state index is 0.0120. The summed E-state index contributed by atoms with van der Waals surface area (Å²) in [7, 11) is 1.46. The van der Waals surface area contributed by atoms with E-state index in [0.29, 0.717) is 16.5 Å². The second-order valence-corrected chi connectivity index (χ2v) is 5.77. The molecule has 138 valence electrons. The average Bonchev–Trinajstić information content (AvgIpc) is 2.64. The van der Waals surface area contributed by atoms with E-state index in [9.17, 15) is 13.6 Å². The normalized spacial score (nSPS) is 10.4. The molecule has 9 heteroatoms. The molecule has 1 heterocycles. The molecule has 0 aliphatic heterocycles. The summed E-state index contributed by atoms with van der Waals surface area (Å²) in [6.07, 6.45) is 1.15. The molecule has 27 heavy (non-hydrogen) atoms. The number of benzene rings is 2. The van der Waals surface area contributed by atoms with Crippen molar-refractivity contribution in [3.63, 3.8) is 0 Å². The van der Waals surface area contributed by atoms with Crippen molar-refractivity contribution >= 4 is 34.7 Å². The van der Waals surface area contributed by atoms with Crippen LogP contribution in [0.2, 0.25) is 5.02 Å². The first-order valence-electron chi connectivity index (χ1n) is 7.65. The lowest BCUT2D eigenvalue weighted by Gasteiger charge is -2.11. The van der Waals surface area contributed by atoms with Crippen molar-refractivity contribution in [1.29, 1.82) is 0 Å². The van der Waals surface area contributed by atoms with Crippen LogP contribution in [-0.4, -0.2) is 23.0 Å². The lowest BCUT2D eigenvalue weighted by Crippen LogP contribution is -2.15. The zero-order chi connectivity index (χ0) is 19.4. The number of rotatable bonds is 5. The number of carbonyl (C=O) groups excluding carboxylic acids is 1. The van der Waals surface area contributed by atoms with Crippen molar-refractivity contribution in [3.05, 3.63) is 71.1 Å². The van der Waals surface area contributed by atoms with Gasteiger partial charge >= 0.3 is 0 Å². The molecule has 0 saturated heterocycles. The average molecular weight is 391 g/mol. The number of hydrogen-bond donors (Lipinski definition) is 2. The van der Waals surface area contributed by atoms with Crippen LogP contribution in [0.25, 0.3) is 0 Å². The smallest absolute Gasteiger partial charge is 0.274 e. The highest BCUT2D eigenvalue weighted by atomic mass is 35.5. The van der Waals surface area contributed by atoms with E-state index >= 15 is 0 Å². The van der Waals surface area contributed by atoms with E-state index in [-0.39, 0.29) is 17.2 Å². The zero-order valence-electron chi connectivity index (χ0n) is 14.0. The Morgan fingerprint density at radius 1 is 1.07 bits per heavy atom. The highest BCUT2D eigenvalue weighted by Gasteiger charge is 2.13. The molecule has 0 unspecified atom stereocenters. The Balaban J connectivity index is 1.81. The van der Waals surface area contributed by atoms with Gasteiger partial charge in [0, 0.05) is 17.2 Å². The highest BCUT2D eigenvalue weighted by Crippen LogP contribution is 2.28. The van der Waals surface area contributed by atoms with Crippen molar-refractivity contribution in [2.75, 3.05) is 17.7 Å². The number of ether oxygens (including phenoxy) is 1. The van der Waals surface area contributed by atoms with Crippen molar-refractivity contribution in [2.45, 2.75) is 0 Å². The van der Waals surface area contributed by atoms with Crippen LogP contribution in [-0.2, 0) is 0 Å². The van der Waals surface area contributed by atoms with Crippen molar-refractivity contribution < 1.29 is 18.3 Å². The number of aromatic nitrogens is 2. The second kappa shape index (κ2) is 7.96. The summed E-state index contributed by atoms with van der Waals surface area (Å²) in [6, 6.07) is 9.17. The lowest BCUT2D eigenvalue weighted by atomic mass is 10.2. The molecule has 0 fully saturated rings. The van der Waals surface area contributed by atoms with Crippen LogP contribution in [0, 0.1) is 11.6 Å². The summed E-state index contributed by atoms with van der Waals surface area (Å²) < 4.78 is 31.9. The molecule has 6 nitrogen and oxygen atoms in total. The van der Waals surface area contributed by atoms with Gasteiger partial charge in [0.2, 0.25) is 0 Å². The van der Waals surface area contributed by atoms with Crippen LogP contribution >= 0.6 is 11.6 Å². The predicted molar refractivity (Wildman–Crippen MR) is 97.6 cm³/mol. The van der Waals surface area contributed by atoms with Crippen LogP contribution in [0.15, 0.2) is 48.8 Å². The van der Waals surface area contributed by atoms with E-state index in [1.54, 1.807) is 12.1 Å². The largest absolute Gasteiger partial charge is 0.495 e. The number of nitrogens with zero attached hydrogens (tertiary/aromatic N) is 2. The Morgan fingerprint density at radius 3 is 2.63 bits per heavy atom. The first-order chi connectivity index (χ1) is 13.0. The van der Waals surface area contributed by atoms with E-state index in [2.05, 4.69) is 20.6 Å². The third-order valence-electron chi connectivity index (χ3n) is 3.50. The molecule has 0 aliphatic carbocycles. The molecule has 0 bridgehead atoms. The highest BCUT2D eigenvalue weighted by molar-refractivity contribution is 6.31. The number of amides is 1. The summed E-state index contributed by atoms with van der Waals surface area (Å²) >= 11 is 5.94. The number of halogens is 3. The first-order valence-corrected chi connectivity index (χ1v) is 8.03. The molecule has 0 spiro atoms. The summed E-state index contributed by atoms with van der Waals surface area (Å²) in [5.41, 5.74) is 0.405. The molecular formula is C18H13ClF2N4O2. The van der Waals surface area contributed by atoms with E-state index < -0.39 is 17.5 Å². The predicted octanol–water partition coefficient (Wildman–Crippen LogP) is 4.41. The molecule has 0 atom stereocenters. The molecule has 3 rings (SSSR count). The third-order valence-corrected chi connectivity index (χ3v) is 3.74.